The number of hydrogen-bond donors (Lipinski definition) is 2. The van der Waals surface area contributed by atoms with Crippen LogP contribution < -0.4 is 5.32 Å². The number of piperazine rings is 1. The molecule has 4 nitrogen and oxygen atoms in total. The summed E-state index contributed by atoms with van der Waals surface area (Å²) in [6.45, 7) is 1.21. The molecular weight excluding hydrogens is 300 g/mol. The third-order valence-corrected chi connectivity index (χ3v) is 5.72. The van der Waals surface area contributed by atoms with E-state index >= 15 is 0 Å². The summed E-state index contributed by atoms with van der Waals surface area (Å²) in [4.78, 5) is 13.9. The van der Waals surface area contributed by atoms with Gasteiger partial charge < -0.3 is 15.3 Å². The first-order chi connectivity index (χ1) is 11.8. The average Bonchev–Trinajstić information content (AvgIpc) is 3.10. The highest BCUT2D eigenvalue weighted by Crippen LogP contribution is 2.41. The average molecular weight is 324 g/mol. The predicted molar refractivity (Wildman–Crippen MR) is 92.4 cm³/mol. The first-order valence-electron chi connectivity index (χ1n) is 9.02. The van der Waals surface area contributed by atoms with E-state index in [-0.39, 0.29) is 30.5 Å². The number of fused-ring (bicyclic) bond motifs is 1. The maximum Gasteiger partial charge on any atom is 0.237 e. The lowest BCUT2D eigenvalue weighted by Crippen LogP contribution is -2.72. The number of nitrogens with one attached hydrogen (secondary N) is 1. The zero-order chi connectivity index (χ0) is 16.5. The van der Waals surface area contributed by atoms with Crippen LogP contribution >= 0.6 is 0 Å². The quantitative estimate of drug-likeness (QED) is 0.811. The summed E-state index contributed by atoms with van der Waals surface area (Å²) in [5.74, 6) is 7.58. The Bertz CT molecular complexity index is 661. The van der Waals surface area contributed by atoms with Crippen molar-refractivity contribution >= 4 is 5.91 Å². The molecule has 3 aliphatic rings. The van der Waals surface area contributed by atoms with Crippen molar-refractivity contribution in [3.8, 4) is 11.8 Å². The summed E-state index contributed by atoms with van der Waals surface area (Å²) < 4.78 is 0. The summed E-state index contributed by atoms with van der Waals surface area (Å²) in [5.41, 5.74) is 2.25. The number of hydrogen-bond acceptors (Lipinski definition) is 3. The van der Waals surface area contributed by atoms with Crippen LogP contribution in [0.15, 0.2) is 24.3 Å². The molecule has 1 amide bonds. The van der Waals surface area contributed by atoms with E-state index in [0.29, 0.717) is 12.5 Å². The molecule has 0 bridgehead atoms. The molecule has 0 unspecified atom stereocenters. The number of nitrogens with zero attached hydrogens (tertiary/aromatic N) is 1. The molecule has 2 heterocycles. The number of benzene rings is 1. The van der Waals surface area contributed by atoms with Crippen molar-refractivity contribution in [3.05, 3.63) is 35.4 Å². The van der Waals surface area contributed by atoms with E-state index in [0.717, 1.165) is 12.1 Å². The van der Waals surface area contributed by atoms with Gasteiger partial charge in [0.1, 0.15) is 0 Å². The second-order valence-corrected chi connectivity index (χ2v) is 7.15. The predicted octanol–water partition coefficient (Wildman–Crippen LogP) is 1.49. The molecule has 1 aromatic carbocycles. The monoisotopic (exact) mass is 324 g/mol. The van der Waals surface area contributed by atoms with Crippen LogP contribution in [0.1, 0.15) is 42.7 Å². The van der Waals surface area contributed by atoms with E-state index in [4.69, 9.17) is 0 Å². The van der Waals surface area contributed by atoms with E-state index in [1.807, 2.05) is 4.90 Å². The molecule has 2 N–H and O–H groups in total. The van der Waals surface area contributed by atoms with Gasteiger partial charge in [0.25, 0.3) is 0 Å². The van der Waals surface area contributed by atoms with Gasteiger partial charge in [0, 0.05) is 23.9 Å². The molecule has 0 radical (unpaired) electrons. The summed E-state index contributed by atoms with van der Waals surface area (Å²) in [5, 5.41) is 12.9. The van der Waals surface area contributed by atoms with E-state index in [1.165, 1.54) is 31.2 Å². The Morgan fingerprint density at radius 2 is 1.96 bits per heavy atom. The molecule has 2 saturated heterocycles. The van der Waals surface area contributed by atoms with E-state index in [1.54, 1.807) is 0 Å². The Labute approximate surface area is 143 Å². The first kappa shape index (κ1) is 15.7. The van der Waals surface area contributed by atoms with Crippen LogP contribution in [0.3, 0.4) is 0 Å². The molecule has 1 aromatic rings. The molecule has 3 fully saturated rings. The van der Waals surface area contributed by atoms with Crippen molar-refractivity contribution in [1.29, 1.82) is 0 Å². The third-order valence-electron chi connectivity index (χ3n) is 5.72. The number of rotatable bonds is 2. The lowest BCUT2D eigenvalue weighted by Gasteiger charge is -2.57. The largest absolute Gasteiger partial charge is 0.394 e. The molecule has 4 heteroatoms. The minimum Gasteiger partial charge on any atom is -0.394 e. The molecule has 24 heavy (non-hydrogen) atoms. The minimum atomic E-state index is -0.0833. The van der Waals surface area contributed by atoms with Gasteiger partial charge >= 0.3 is 0 Å². The Balaban J connectivity index is 1.49. The van der Waals surface area contributed by atoms with Crippen molar-refractivity contribution in [2.24, 2.45) is 5.92 Å². The zero-order valence-electron chi connectivity index (χ0n) is 13.9. The fourth-order valence-corrected chi connectivity index (χ4v) is 4.45. The van der Waals surface area contributed by atoms with Gasteiger partial charge in [-0.15, -0.1) is 0 Å². The lowest BCUT2D eigenvalue weighted by molar-refractivity contribution is -0.153. The number of amides is 1. The molecule has 126 valence electrons. The Kier molecular flexibility index (Phi) is 4.30. The van der Waals surface area contributed by atoms with Crippen LogP contribution in [0.4, 0.5) is 0 Å². The third kappa shape index (κ3) is 2.72. The van der Waals surface area contributed by atoms with Crippen LogP contribution in [0.5, 0.6) is 0 Å². The van der Waals surface area contributed by atoms with E-state index in [9.17, 15) is 9.90 Å². The molecule has 0 aromatic heterocycles. The highest BCUT2D eigenvalue weighted by atomic mass is 16.3. The fourth-order valence-electron chi connectivity index (χ4n) is 4.45. The molecular formula is C20H24N2O2. The zero-order valence-corrected chi connectivity index (χ0v) is 13.9. The van der Waals surface area contributed by atoms with Gasteiger partial charge in [0.05, 0.1) is 25.2 Å². The van der Waals surface area contributed by atoms with Crippen LogP contribution in [0, 0.1) is 17.8 Å². The number of aliphatic hydroxyl groups excluding tert-OH is 1. The number of carbonyl (C=O) groups is 1. The highest BCUT2D eigenvalue weighted by Gasteiger charge is 2.52. The molecule has 0 spiro atoms. The Morgan fingerprint density at radius 1 is 1.21 bits per heavy atom. The van der Waals surface area contributed by atoms with Crippen molar-refractivity contribution in [1.82, 2.24) is 10.2 Å². The van der Waals surface area contributed by atoms with Gasteiger partial charge in [-0.1, -0.05) is 36.8 Å². The summed E-state index contributed by atoms with van der Waals surface area (Å²) >= 11 is 0. The van der Waals surface area contributed by atoms with Gasteiger partial charge in [-0.3, -0.25) is 4.79 Å². The van der Waals surface area contributed by atoms with Crippen LogP contribution in [0.25, 0.3) is 0 Å². The topological polar surface area (TPSA) is 52.6 Å². The second-order valence-electron chi connectivity index (χ2n) is 7.15. The van der Waals surface area contributed by atoms with E-state index < -0.39 is 0 Å². The lowest BCUT2D eigenvalue weighted by atomic mass is 9.74. The molecule has 2 aliphatic heterocycles. The first-order valence-corrected chi connectivity index (χ1v) is 9.02. The summed E-state index contributed by atoms with van der Waals surface area (Å²) in [6, 6.07) is 8.46. The Morgan fingerprint density at radius 3 is 2.67 bits per heavy atom. The minimum absolute atomic E-state index is 0.0240. The second kappa shape index (κ2) is 6.58. The SMILES string of the molecule is O=C1CNC[C@H]2[C@H](c3ccc(C#CC4CCCC4)cc3)[C@@H](CO)N12. The van der Waals surface area contributed by atoms with Crippen LogP contribution in [0.2, 0.25) is 0 Å². The molecule has 1 saturated carbocycles. The molecule has 3 atom stereocenters. The summed E-state index contributed by atoms with van der Waals surface area (Å²) in [6.07, 6.45) is 5.11. The van der Waals surface area contributed by atoms with Crippen LogP contribution in [-0.2, 0) is 4.79 Å². The van der Waals surface area contributed by atoms with Gasteiger partial charge in [0.15, 0.2) is 0 Å². The van der Waals surface area contributed by atoms with Crippen molar-refractivity contribution in [2.75, 3.05) is 19.7 Å². The number of carbonyl (C=O) groups excluding carboxylic acids is 1. The van der Waals surface area contributed by atoms with Gasteiger partial charge in [-0.05, 0) is 30.5 Å². The molecule has 1 aliphatic carbocycles. The highest BCUT2D eigenvalue weighted by molar-refractivity contribution is 5.81. The van der Waals surface area contributed by atoms with Gasteiger partial charge in [0.2, 0.25) is 5.91 Å². The smallest absolute Gasteiger partial charge is 0.237 e. The van der Waals surface area contributed by atoms with Gasteiger partial charge in [-0.25, -0.2) is 0 Å². The van der Waals surface area contributed by atoms with Crippen molar-refractivity contribution in [2.45, 2.75) is 43.7 Å². The molecule has 4 rings (SSSR count). The van der Waals surface area contributed by atoms with Gasteiger partial charge in [-0.2, -0.15) is 0 Å². The standard InChI is InChI=1S/C20H24N2O2/c23-13-18-20(17-11-21-12-19(24)22(17)18)16-9-7-15(8-10-16)6-5-14-3-1-2-4-14/h7-10,14,17-18,20-21,23H,1-4,11-13H2/t17-,18+,20-/m0/s1. The maximum absolute atomic E-state index is 12.0. The Hall–Kier alpha value is -1.83. The number of aliphatic hydroxyl groups is 1. The van der Waals surface area contributed by atoms with Crippen molar-refractivity contribution < 1.29 is 9.90 Å². The van der Waals surface area contributed by atoms with E-state index in [2.05, 4.69) is 41.4 Å². The van der Waals surface area contributed by atoms with Crippen LogP contribution in [-0.4, -0.2) is 47.7 Å². The fraction of sp³-hybridized carbons (Fsp3) is 0.550. The maximum atomic E-state index is 12.0. The van der Waals surface area contributed by atoms with Crippen molar-refractivity contribution in [3.63, 3.8) is 0 Å². The normalized spacial score (nSPS) is 29.6. The summed E-state index contributed by atoms with van der Waals surface area (Å²) in [7, 11) is 0.